The number of rotatable bonds is 5. The van der Waals surface area contributed by atoms with Crippen LogP contribution < -0.4 is 5.43 Å². The van der Waals surface area contributed by atoms with Gasteiger partial charge in [-0.25, -0.2) is 0 Å². The van der Waals surface area contributed by atoms with Gasteiger partial charge in [0.25, 0.3) is 5.69 Å². The fourth-order valence-electron chi connectivity index (χ4n) is 2.83. The van der Waals surface area contributed by atoms with Crippen LogP contribution in [0, 0.1) is 10.1 Å². The third-order valence-electron chi connectivity index (χ3n) is 4.13. The molecule has 7 heteroatoms. The number of hydrogen-bond acceptors (Lipinski definition) is 5. The second-order valence-corrected chi connectivity index (χ2v) is 5.83. The molecular formula is C20H15N5O2. The first-order valence-electron chi connectivity index (χ1n) is 8.27. The van der Waals surface area contributed by atoms with Crippen LogP contribution >= 0.6 is 0 Å². The molecule has 0 atom stereocenters. The van der Waals surface area contributed by atoms with Gasteiger partial charge < -0.3 is 4.57 Å². The molecule has 2 aromatic carbocycles. The van der Waals surface area contributed by atoms with Gasteiger partial charge in [-0.1, -0.05) is 18.2 Å². The van der Waals surface area contributed by atoms with Crippen LogP contribution in [0.5, 0.6) is 0 Å². The third kappa shape index (κ3) is 3.38. The number of nitro groups is 1. The van der Waals surface area contributed by atoms with Crippen LogP contribution in [0.15, 0.2) is 84.2 Å². The van der Waals surface area contributed by atoms with E-state index in [1.54, 1.807) is 24.5 Å². The van der Waals surface area contributed by atoms with Crippen LogP contribution in [0.3, 0.4) is 0 Å². The predicted octanol–water partition coefficient (Wildman–Crippen LogP) is 4.38. The van der Waals surface area contributed by atoms with E-state index in [0.717, 1.165) is 28.0 Å². The van der Waals surface area contributed by atoms with E-state index in [1.165, 1.54) is 12.1 Å². The van der Waals surface area contributed by atoms with E-state index in [9.17, 15) is 10.1 Å². The number of hydrazone groups is 1. The number of nitrogens with one attached hydrogen (secondary N) is 1. The number of anilines is 1. The maximum absolute atomic E-state index is 10.8. The van der Waals surface area contributed by atoms with Gasteiger partial charge in [-0.3, -0.25) is 20.5 Å². The van der Waals surface area contributed by atoms with Crippen molar-refractivity contribution in [3.63, 3.8) is 0 Å². The molecule has 0 spiro atoms. The van der Waals surface area contributed by atoms with Gasteiger partial charge in [-0.15, -0.1) is 0 Å². The number of benzene rings is 2. The second kappa shape index (κ2) is 7.09. The number of para-hydroxylation sites is 1. The average Bonchev–Trinajstić information content (AvgIpc) is 3.17. The van der Waals surface area contributed by atoms with Gasteiger partial charge >= 0.3 is 0 Å². The SMILES string of the molecule is O=[N+]([O-])c1ccc(-n2cccc2/C=N\Nc2cccc3cccnc23)cc1. The summed E-state index contributed by atoms with van der Waals surface area (Å²) in [6.45, 7) is 0. The molecule has 0 saturated heterocycles. The molecule has 0 amide bonds. The zero-order chi connectivity index (χ0) is 18.6. The minimum absolute atomic E-state index is 0.0613. The molecule has 7 nitrogen and oxygen atoms in total. The van der Waals surface area contributed by atoms with Crippen LogP contribution in [-0.4, -0.2) is 20.7 Å². The lowest BCUT2D eigenvalue weighted by Gasteiger charge is -2.07. The van der Waals surface area contributed by atoms with Crippen molar-refractivity contribution in [2.45, 2.75) is 0 Å². The summed E-state index contributed by atoms with van der Waals surface area (Å²) >= 11 is 0. The molecule has 0 fully saturated rings. The Morgan fingerprint density at radius 1 is 1.04 bits per heavy atom. The minimum Gasteiger partial charge on any atom is -0.316 e. The van der Waals surface area contributed by atoms with Gasteiger partial charge in [0.2, 0.25) is 0 Å². The first kappa shape index (κ1) is 16.5. The van der Waals surface area contributed by atoms with Gasteiger partial charge in [0.15, 0.2) is 0 Å². The summed E-state index contributed by atoms with van der Waals surface area (Å²) in [7, 11) is 0. The van der Waals surface area contributed by atoms with Crippen molar-refractivity contribution >= 4 is 28.5 Å². The number of nitro benzene ring substituents is 1. The summed E-state index contributed by atoms with van der Waals surface area (Å²) in [6, 6.07) is 19.9. The zero-order valence-electron chi connectivity index (χ0n) is 14.2. The van der Waals surface area contributed by atoms with Crippen molar-refractivity contribution in [3.8, 4) is 5.69 Å². The standard InChI is InChI=1S/C20H15N5O2/c26-25(27)17-10-8-16(9-11-17)24-13-3-6-18(24)14-22-23-19-7-1-4-15-5-2-12-21-20(15)19/h1-14,23H/b22-14-. The summed E-state index contributed by atoms with van der Waals surface area (Å²) in [5.74, 6) is 0. The Morgan fingerprint density at radius 3 is 2.67 bits per heavy atom. The van der Waals surface area contributed by atoms with Crippen molar-refractivity contribution in [2.75, 3.05) is 5.43 Å². The van der Waals surface area contributed by atoms with Crippen LogP contribution in [0.2, 0.25) is 0 Å². The third-order valence-corrected chi connectivity index (χ3v) is 4.13. The lowest BCUT2D eigenvalue weighted by molar-refractivity contribution is -0.384. The molecule has 2 heterocycles. The normalized spacial score (nSPS) is 11.1. The molecule has 0 saturated carbocycles. The molecule has 2 aromatic heterocycles. The number of aromatic nitrogens is 2. The molecule has 0 aliphatic heterocycles. The lowest BCUT2D eigenvalue weighted by atomic mass is 10.2. The number of hydrogen-bond donors (Lipinski definition) is 1. The fraction of sp³-hybridized carbons (Fsp3) is 0. The van der Waals surface area contributed by atoms with Crippen molar-refractivity contribution in [3.05, 3.63) is 94.9 Å². The summed E-state index contributed by atoms with van der Waals surface area (Å²) in [6.07, 6.45) is 5.32. The van der Waals surface area contributed by atoms with Crippen LogP contribution in [0.4, 0.5) is 11.4 Å². The lowest BCUT2D eigenvalue weighted by Crippen LogP contribution is -2.00. The molecular weight excluding hydrogens is 342 g/mol. The zero-order valence-corrected chi connectivity index (χ0v) is 14.2. The maximum atomic E-state index is 10.8. The number of pyridine rings is 1. The van der Waals surface area contributed by atoms with E-state index in [4.69, 9.17) is 0 Å². The van der Waals surface area contributed by atoms with Gasteiger partial charge in [-0.2, -0.15) is 5.10 Å². The predicted molar refractivity (Wildman–Crippen MR) is 105 cm³/mol. The van der Waals surface area contributed by atoms with Crippen LogP contribution in [0.25, 0.3) is 16.6 Å². The van der Waals surface area contributed by atoms with E-state index in [2.05, 4.69) is 15.5 Å². The highest BCUT2D eigenvalue weighted by atomic mass is 16.6. The van der Waals surface area contributed by atoms with Gasteiger partial charge in [0, 0.05) is 35.6 Å². The second-order valence-electron chi connectivity index (χ2n) is 5.83. The molecule has 1 N–H and O–H groups in total. The molecule has 27 heavy (non-hydrogen) atoms. The quantitative estimate of drug-likeness (QED) is 0.326. The number of non-ortho nitro benzene ring substituents is 1. The van der Waals surface area contributed by atoms with E-state index < -0.39 is 4.92 Å². The van der Waals surface area contributed by atoms with Crippen LogP contribution in [-0.2, 0) is 0 Å². The molecule has 0 aliphatic carbocycles. The highest BCUT2D eigenvalue weighted by molar-refractivity contribution is 5.90. The highest BCUT2D eigenvalue weighted by Crippen LogP contribution is 2.21. The molecule has 4 aromatic rings. The molecule has 4 rings (SSSR count). The Labute approximate surface area is 154 Å². The number of nitrogens with zero attached hydrogens (tertiary/aromatic N) is 4. The smallest absolute Gasteiger partial charge is 0.269 e. The van der Waals surface area contributed by atoms with E-state index in [0.29, 0.717) is 0 Å². The van der Waals surface area contributed by atoms with E-state index in [1.807, 2.05) is 53.2 Å². The molecule has 132 valence electrons. The Balaban J connectivity index is 1.57. The highest BCUT2D eigenvalue weighted by Gasteiger charge is 2.06. The largest absolute Gasteiger partial charge is 0.316 e. The summed E-state index contributed by atoms with van der Waals surface area (Å²) in [5.41, 5.74) is 6.42. The van der Waals surface area contributed by atoms with Gasteiger partial charge in [0.1, 0.15) is 0 Å². The monoisotopic (exact) mass is 357 g/mol. The van der Waals surface area contributed by atoms with Gasteiger partial charge in [-0.05, 0) is 36.4 Å². The van der Waals surface area contributed by atoms with E-state index in [-0.39, 0.29) is 5.69 Å². The minimum atomic E-state index is -0.413. The topological polar surface area (TPSA) is 85.3 Å². The molecule has 0 radical (unpaired) electrons. The summed E-state index contributed by atoms with van der Waals surface area (Å²) < 4.78 is 1.90. The average molecular weight is 357 g/mol. The number of fused-ring (bicyclic) bond motifs is 1. The molecule has 0 unspecified atom stereocenters. The van der Waals surface area contributed by atoms with E-state index >= 15 is 0 Å². The van der Waals surface area contributed by atoms with Crippen molar-refractivity contribution in [1.29, 1.82) is 0 Å². The Kier molecular flexibility index (Phi) is 4.32. The van der Waals surface area contributed by atoms with Crippen molar-refractivity contribution in [2.24, 2.45) is 5.10 Å². The van der Waals surface area contributed by atoms with Crippen molar-refractivity contribution in [1.82, 2.24) is 9.55 Å². The fourth-order valence-corrected chi connectivity index (χ4v) is 2.83. The Bertz CT molecular complexity index is 1130. The summed E-state index contributed by atoms with van der Waals surface area (Å²) in [5, 5.41) is 16.2. The molecule has 0 aliphatic rings. The first-order valence-corrected chi connectivity index (χ1v) is 8.27. The Morgan fingerprint density at radius 2 is 1.85 bits per heavy atom. The van der Waals surface area contributed by atoms with Crippen LogP contribution in [0.1, 0.15) is 5.69 Å². The Hall–Kier alpha value is -4.00. The maximum Gasteiger partial charge on any atom is 0.269 e. The van der Waals surface area contributed by atoms with Crippen molar-refractivity contribution < 1.29 is 4.92 Å². The molecule has 0 bridgehead atoms. The first-order chi connectivity index (χ1) is 13.2. The summed E-state index contributed by atoms with van der Waals surface area (Å²) in [4.78, 5) is 14.8. The van der Waals surface area contributed by atoms with Gasteiger partial charge in [0.05, 0.1) is 28.0 Å².